The molecular weight excluding hydrogens is 366 g/mol. The van der Waals surface area contributed by atoms with Crippen LogP contribution < -0.4 is 15.8 Å². The minimum absolute atomic E-state index is 0. The van der Waals surface area contributed by atoms with Crippen LogP contribution in [0.1, 0.15) is 25.5 Å². The van der Waals surface area contributed by atoms with Gasteiger partial charge in [0.1, 0.15) is 11.8 Å². The molecule has 0 aliphatic heterocycles. The molecule has 0 aliphatic carbocycles. The topological polar surface area (TPSA) is 84.7 Å². The van der Waals surface area contributed by atoms with Gasteiger partial charge in [-0.05, 0) is 31.5 Å². The van der Waals surface area contributed by atoms with Crippen molar-refractivity contribution in [2.75, 3.05) is 25.0 Å². The number of nitrogens with one attached hydrogen (secondary N) is 1. The van der Waals surface area contributed by atoms with Crippen LogP contribution in [0.25, 0.3) is 0 Å². The van der Waals surface area contributed by atoms with Crippen molar-refractivity contribution in [2.24, 2.45) is 5.73 Å². The molecule has 1 atom stereocenters. The molecule has 1 unspecified atom stereocenters. The number of anilines is 1. The van der Waals surface area contributed by atoms with Crippen LogP contribution >= 0.6 is 12.4 Å². The second-order valence-electron chi connectivity index (χ2n) is 5.76. The summed E-state index contributed by atoms with van der Waals surface area (Å²) >= 11 is 0. The molecule has 27 heavy (non-hydrogen) atoms. The molecule has 0 saturated heterocycles. The number of carbonyl (C=O) groups excluding carboxylic acids is 2. The Labute approximate surface area is 166 Å². The van der Waals surface area contributed by atoms with E-state index in [2.05, 4.69) is 5.32 Å². The molecule has 0 saturated carbocycles. The second-order valence-corrected chi connectivity index (χ2v) is 5.76. The van der Waals surface area contributed by atoms with Crippen molar-refractivity contribution in [3.63, 3.8) is 0 Å². The van der Waals surface area contributed by atoms with Crippen molar-refractivity contribution in [1.29, 1.82) is 0 Å². The van der Waals surface area contributed by atoms with E-state index in [9.17, 15) is 9.59 Å². The van der Waals surface area contributed by atoms with Crippen molar-refractivity contribution < 1.29 is 14.3 Å². The summed E-state index contributed by atoms with van der Waals surface area (Å²) in [6, 6.07) is 15.3. The van der Waals surface area contributed by atoms with Crippen LogP contribution in [0.5, 0.6) is 5.75 Å². The summed E-state index contributed by atoms with van der Waals surface area (Å²) in [6.07, 6.45) is 0. The number of benzene rings is 2. The Morgan fingerprint density at radius 3 is 2.37 bits per heavy atom. The van der Waals surface area contributed by atoms with Crippen LogP contribution in [0.15, 0.2) is 54.6 Å². The maximum Gasteiger partial charge on any atom is 0.260 e. The first-order valence-electron chi connectivity index (χ1n) is 8.67. The zero-order valence-corrected chi connectivity index (χ0v) is 16.4. The van der Waals surface area contributed by atoms with Gasteiger partial charge in [0.05, 0.1) is 0 Å². The number of amides is 2. The predicted molar refractivity (Wildman–Crippen MR) is 109 cm³/mol. The molecule has 146 valence electrons. The molecule has 0 spiro atoms. The van der Waals surface area contributed by atoms with E-state index in [0.717, 1.165) is 5.56 Å². The summed E-state index contributed by atoms with van der Waals surface area (Å²) in [5.41, 5.74) is 7.30. The number of hydrogen-bond donors (Lipinski definition) is 2. The van der Waals surface area contributed by atoms with Crippen LogP contribution in [-0.2, 0) is 9.59 Å². The number of nitrogens with zero attached hydrogens (tertiary/aromatic N) is 1. The van der Waals surface area contributed by atoms with Gasteiger partial charge in [-0.25, -0.2) is 0 Å². The molecule has 7 heteroatoms. The standard InChI is InChI=1S/C20H25N3O3.ClH/c1-3-23(4-2)18(24)14-26-17-12-8-11-16(13-17)22-20(25)19(21)15-9-6-5-7-10-15;/h5-13,19H,3-4,14,21H2,1-2H3,(H,22,25);1H. The maximum atomic E-state index is 12.3. The van der Waals surface area contributed by atoms with E-state index in [-0.39, 0.29) is 30.8 Å². The number of ether oxygens (including phenoxy) is 1. The smallest absolute Gasteiger partial charge is 0.260 e. The fourth-order valence-electron chi connectivity index (χ4n) is 2.51. The Morgan fingerprint density at radius 1 is 1.07 bits per heavy atom. The number of rotatable bonds is 8. The molecule has 0 heterocycles. The average Bonchev–Trinajstić information content (AvgIpc) is 2.67. The zero-order valence-electron chi connectivity index (χ0n) is 15.6. The Bertz CT molecular complexity index is 736. The van der Waals surface area contributed by atoms with E-state index >= 15 is 0 Å². The summed E-state index contributed by atoms with van der Waals surface area (Å²) < 4.78 is 5.55. The quantitative estimate of drug-likeness (QED) is 0.724. The molecule has 2 rings (SSSR count). The molecule has 0 aromatic heterocycles. The van der Waals surface area contributed by atoms with Crippen LogP contribution in [0.2, 0.25) is 0 Å². The first-order chi connectivity index (χ1) is 12.5. The minimum atomic E-state index is -0.759. The number of likely N-dealkylation sites (N-methyl/N-ethyl adjacent to an activating group) is 1. The molecule has 3 N–H and O–H groups in total. The van der Waals surface area contributed by atoms with Gasteiger partial charge in [0.25, 0.3) is 5.91 Å². The summed E-state index contributed by atoms with van der Waals surface area (Å²) in [7, 11) is 0. The molecule has 6 nitrogen and oxygen atoms in total. The number of carbonyl (C=O) groups is 2. The lowest BCUT2D eigenvalue weighted by atomic mass is 10.1. The third-order valence-corrected chi connectivity index (χ3v) is 4.02. The molecule has 2 aromatic carbocycles. The van der Waals surface area contributed by atoms with Crippen LogP contribution in [0.4, 0.5) is 5.69 Å². The first kappa shape index (κ1) is 22.5. The van der Waals surface area contributed by atoms with Gasteiger partial charge in [0.2, 0.25) is 5.91 Å². The minimum Gasteiger partial charge on any atom is -0.484 e. The summed E-state index contributed by atoms with van der Waals surface area (Å²) in [5.74, 6) is 0.125. The maximum absolute atomic E-state index is 12.3. The third-order valence-electron chi connectivity index (χ3n) is 4.02. The van der Waals surface area contributed by atoms with E-state index in [0.29, 0.717) is 24.5 Å². The van der Waals surface area contributed by atoms with Crippen LogP contribution in [0, 0.1) is 0 Å². The van der Waals surface area contributed by atoms with Crippen molar-refractivity contribution >= 4 is 29.9 Å². The highest BCUT2D eigenvalue weighted by molar-refractivity contribution is 5.95. The van der Waals surface area contributed by atoms with E-state index in [4.69, 9.17) is 10.5 Å². The monoisotopic (exact) mass is 391 g/mol. The van der Waals surface area contributed by atoms with Gasteiger partial charge in [0, 0.05) is 24.8 Å². The average molecular weight is 392 g/mol. The molecule has 0 fully saturated rings. The largest absolute Gasteiger partial charge is 0.484 e. The fourth-order valence-corrected chi connectivity index (χ4v) is 2.51. The highest BCUT2D eigenvalue weighted by Crippen LogP contribution is 2.19. The van der Waals surface area contributed by atoms with Crippen LogP contribution in [0.3, 0.4) is 0 Å². The van der Waals surface area contributed by atoms with E-state index < -0.39 is 6.04 Å². The van der Waals surface area contributed by atoms with Gasteiger partial charge >= 0.3 is 0 Å². The summed E-state index contributed by atoms with van der Waals surface area (Å²) in [4.78, 5) is 26.0. The fraction of sp³-hybridized carbons (Fsp3) is 0.300. The highest BCUT2D eigenvalue weighted by Gasteiger charge is 2.16. The van der Waals surface area contributed by atoms with Gasteiger partial charge < -0.3 is 20.7 Å². The predicted octanol–water partition coefficient (Wildman–Crippen LogP) is 2.99. The molecular formula is C20H26ClN3O3. The summed E-state index contributed by atoms with van der Waals surface area (Å²) in [5, 5.41) is 2.77. The van der Waals surface area contributed by atoms with Crippen molar-refractivity contribution in [1.82, 2.24) is 4.90 Å². The molecule has 2 amide bonds. The van der Waals surface area contributed by atoms with Gasteiger partial charge in [0.15, 0.2) is 6.61 Å². The normalized spacial score (nSPS) is 11.1. The summed E-state index contributed by atoms with van der Waals surface area (Å²) in [6.45, 7) is 5.10. The third kappa shape index (κ3) is 6.58. The van der Waals surface area contributed by atoms with Crippen molar-refractivity contribution in [2.45, 2.75) is 19.9 Å². The van der Waals surface area contributed by atoms with Crippen molar-refractivity contribution in [3.05, 3.63) is 60.2 Å². The number of halogens is 1. The van der Waals surface area contributed by atoms with Crippen LogP contribution in [-0.4, -0.2) is 36.4 Å². The Balaban J connectivity index is 0.00000364. The van der Waals surface area contributed by atoms with Gasteiger partial charge in [-0.3, -0.25) is 9.59 Å². The number of nitrogens with two attached hydrogens (primary N) is 1. The van der Waals surface area contributed by atoms with Crippen molar-refractivity contribution in [3.8, 4) is 5.75 Å². The first-order valence-corrected chi connectivity index (χ1v) is 8.67. The molecule has 0 radical (unpaired) electrons. The van der Waals surface area contributed by atoms with E-state index in [1.54, 1.807) is 29.2 Å². The number of hydrogen-bond acceptors (Lipinski definition) is 4. The van der Waals surface area contributed by atoms with E-state index in [1.165, 1.54) is 0 Å². The SMILES string of the molecule is CCN(CC)C(=O)COc1cccc(NC(=O)C(N)c2ccccc2)c1.Cl. The van der Waals surface area contributed by atoms with Gasteiger partial charge in [-0.15, -0.1) is 12.4 Å². The lowest BCUT2D eigenvalue weighted by Gasteiger charge is -2.19. The highest BCUT2D eigenvalue weighted by atomic mass is 35.5. The Kier molecular flexibility index (Phi) is 9.33. The Morgan fingerprint density at radius 2 is 1.74 bits per heavy atom. The molecule has 0 bridgehead atoms. The lowest BCUT2D eigenvalue weighted by Crippen LogP contribution is -2.34. The van der Waals surface area contributed by atoms with Gasteiger partial charge in [-0.1, -0.05) is 36.4 Å². The zero-order chi connectivity index (χ0) is 18.9. The Hall–Kier alpha value is -2.57. The molecule has 0 aliphatic rings. The van der Waals surface area contributed by atoms with Gasteiger partial charge in [-0.2, -0.15) is 0 Å². The lowest BCUT2D eigenvalue weighted by molar-refractivity contribution is -0.133. The molecule has 2 aromatic rings. The van der Waals surface area contributed by atoms with E-state index in [1.807, 2.05) is 44.2 Å². The second kappa shape index (κ2) is 11.2.